The van der Waals surface area contributed by atoms with E-state index in [0.717, 1.165) is 11.3 Å². The van der Waals surface area contributed by atoms with Crippen LogP contribution in [0.3, 0.4) is 0 Å². The number of ether oxygens (including phenoxy) is 3. The standard InChI is InChI=1S/C20H22N2O5/c1-11(2)21-18(23)16-14-5-6-20(27-14)9-22(19(24)17(16)20)8-12-3-4-13-15(7-12)26-10-25-13/h3-7,11,14,16-17H,8-10H2,1-2H3,(H,21,23)/t14-,16+,17-,20-/m0/s1. The molecule has 27 heavy (non-hydrogen) atoms. The molecule has 1 spiro atoms. The molecule has 2 amide bonds. The molecule has 4 aliphatic heterocycles. The number of hydrogen-bond acceptors (Lipinski definition) is 5. The molecule has 0 aliphatic carbocycles. The quantitative estimate of drug-likeness (QED) is 0.807. The van der Waals surface area contributed by atoms with E-state index in [9.17, 15) is 9.59 Å². The minimum Gasteiger partial charge on any atom is -0.454 e. The van der Waals surface area contributed by atoms with Gasteiger partial charge in [0.2, 0.25) is 18.6 Å². The normalized spacial score (nSPS) is 32.5. The summed E-state index contributed by atoms with van der Waals surface area (Å²) >= 11 is 0. The number of benzene rings is 1. The molecule has 0 radical (unpaired) electrons. The summed E-state index contributed by atoms with van der Waals surface area (Å²) in [5.74, 6) is 0.362. The first-order valence-electron chi connectivity index (χ1n) is 9.32. The molecule has 2 fully saturated rings. The van der Waals surface area contributed by atoms with Crippen molar-refractivity contribution in [1.82, 2.24) is 10.2 Å². The van der Waals surface area contributed by atoms with E-state index in [2.05, 4.69) is 5.32 Å². The maximum atomic E-state index is 13.2. The van der Waals surface area contributed by atoms with Gasteiger partial charge in [-0.1, -0.05) is 18.2 Å². The Morgan fingerprint density at radius 1 is 1.33 bits per heavy atom. The van der Waals surface area contributed by atoms with Crippen LogP contribution < -0.4 is 14.8 Å². The Bertz CT molecular complexity index is 851. The number of likely N-dealkylation sites (tertiary alicyclic amines) is 1. The largest absolute Gasteiger partial charge is 0.454 e. The summed E-state index contributed by atoms with van der Waals surface area (Å²) in [4.78, 5) is 27.7. The molecule has 5 rings (SSSR count). The van der Waals surface area contributed by atoms with Gasteiger partial charge < -0.3 is 24.4 Å². The second kappa shape index (κ2) is 5.73. The monoisotopic (exact) mass is 370 g/mol. The number of carbonyl (C=O) groups is 2. The fourth-order valence-electron chi connectivity index (χ4n) is 4.65. The smallest absolute Gasteiger partial charge is 0.231 e. The van der Waals surface area contributed by atoms with Crippen LogP contribution in [0, 0.1) is 11.8 Å². The lowest BCUT2D eigenvalue weighted by Crippen LogP contribution is -2.45. The highest BCUT2D eigenvalue weighted by molar-refractivity contribution is 5.93. The van der Waals surface area contributed by atoms with Crippen molar-refractivity contribution in [3.05, 3.63) is 35.9 Å². The lowest BCUT2D eigenvalue weighted by molar-refractivity contribution is -0.138. The minimum atomic E-state index is -0.683. The molecular weight excluding hydrogens is 348 g/mol. The molecule has 7 heteroatoms. The van der Waals surface area contributed by atoms with Crippen molar-refractivity contribution in [2.45, 2.75) is 38.1 Å². The maximum absolute atomic E-state index is 13.2. The Morgan fingerprint density at radius 3 is 2.96 bits per heavy atom. The van der Waals surface area contributed by atoms with Crippen molar-refractivity contribution < 1.29 is 23.8 Å². The lowest BCUT2D eigenvalue weighted by Gasteiger charge is -2.24. The van der Waals surface area contributed by atoms with Gasteiger partial charge in [-0.25, -0.2) is 0 Å². The third-order valence-corrected chi connectivity index (χ3v) is 5.72. The first kappa shape index (κ1) is 16.6. The van der Waals surface area contributed by atoms with Gasteiger partial charge in [0.15, 0.2) is 11.5 Å². The summed E-state index contributed by atoms with van der Waals surface area (Å²) < 4.78 is 16.9. The van der Waals surface area contributed by atoms with E-state index >= 15 is 0 Å². The summed E-state index contributed by atoms with van der Waals surface area (Å²) in [6.07, 6.45) is 3.59. The van der Waals surface area contributed by atoms with Crippen LogP contribution in [-0.2, 0) is 20.9 Å². The SMILES string of the molecule is CC(C)NC(=O)[C@@H]1[C@@H]2C=C[C@@]3(CN(Cc4ccc5c(c4)OCO5)C(=O)[C@H]13)O2. The van der Waals surface area contributed by atoms with E-state index in [1.807, 2.05) is 44.2 Å². The Morgan fingerprint density at radius 2 is 2.15 bits per heavy atom. The highest BCUT2D eigenvalue weighted by Gasteiger charge is 2.66. The van der Waals surface area contributed by atoms with Crippen molar-refractivity contribution in [3.63, 3.8) is 0 Å². The number of nitrogens with zero attached hydrogens (tertiary/aromatic N) is 1. The van der Waals surface area contributed by atoms with Gasteiger partial charge in [-0.05, 0) is 31.5 Å². The number of nitrogens with one attached hydrogen (secondary N) is 1. The van der Waals surface area contributed by atoms with Crippen LogP contribution in [0.2, 0.25) is 0 Å². The van der Waals surface area contributed by atoms with E-state index < -0.39 is 17.4 Å². The van der Waals surface area contributed by atoms with Crippen molar-refractivity contribution in [2.24, 2.45) is 11.8 Å². The Balaban J connectivity index is 1.38. The molecule has 4 atom stereocenters. The van der Waals surface area contributed by atoms with Gasteiger partial charge in [0.25, 0.3) is 0 Å². The van der Waals surface area contributed by atoms with Crippen LogP contribution in [-0.4, -0.2) is 47.8 Å². The van der Waals surface area contributed by atoms with Crippen LogP contribution in [0.4, 0.5) is 0 Å². The van der Waals surface area contributed by atoms with Crippen molar-refractivity contribution in [3.8, 4) is 11.5 Å². The van der Waals surface area contributed by atoms with Gasteiger partial charge in [0.1, 0.15) is 5.60 Å². The molecule has 2 saturated heterocycles. The van der Waals surface area contributed by atoms with Crippen molar-refractivity contribution in [1.29, 1.82) is 0 Å². The third-order valence-electron chi connectivity index (χ3n) is 5.72. The van der Waals surface area contributed by atoms with Gasteiger partial charge in [-0.3, -0.25) is 9.59 Å². The molecule has 2 bridgehead atoms. The minimum absolute atomic E-state index is 0.0246. The second-order valence-electron chi connectivity index (χ2n) is 7.95. The fraction of sp³-hybridized carbons (Fsp3) is 0.500. The van der Waals surface area contributed by atoms with E-state index in [4.69, 9.17) is 14.2 Å². The molecule has 1 aromatic carbocycles. The average Bonchev–Trinajstić information content (AvgIpc) is 3.35. The Kier molecular flexibility index (Phi) is 3.53. The predicted octanol–water partition coefficient (Wildman–Crippen LogP) is 1.22. The van der Waals surface area contributed by atoms with Gasteiger partial charge in [0, 0.05) is 12.6 Å². The van der Waals surface area contributed by atoms with Crippen LogP contribution in [0.15, 0.2) is 30.4 Å². The molecule has 4 heterocycles. The van der Waals surface area contributed by atoms with Crippen LogP contribution in [0.1, 0.15) is 19.4 Å². The summed E-state index contributed by atoms with van der Waals surface area (Å²) in [5.41, 5.74) is 0.280. The zero-order chi connectivity index (χ0) is 18.8. The molecule has 1 aromatic rings. The molecule has 1 N–H and O–H groups in total. The average molecular weight is 370 g/mol. The van der Waals surface area contributed by atoms with E-state index in [1.165, 1.54) is 0 Å². The molecule has 7 nitrogen and oxygen atoms in total. The van der Waals surface area contributed by atoms with Crippen molar-refractivity contribution in [2.75, 3.05) is 13.3 Å². The highest BCUT2D eigenvalue weighted by Crippen LogP contribution is 2.52. The topological polar surface area (TPSA) is 77.1 Å². The highest BCUT2D eigenvalue weighted by atomic mass is 16.7. The maximum Gasteiger partial charge on any atom is 0.231 e. The first-order chi connectivity index (χ1) is 13.0. The second-order valence-corrected chi connectivity index (χ2v) is 7.95. The van der Waals surface area contributed by atoms with Crippen LogP contribution in [0.5, 0.6) is 11.5 Å². The summed E-state index contributed by atoms with van der Waals surface area (Å²) in [5, 5.41) is 2.94. The van der Waals surface area contributed by atoms with E-state index in [0.29, 0.717) is 18.8 Å². The number of hydrogen-bond donors (Lipinski definition) is 1. The van der Waals surface area contributed by atoms with Gasteiger partial charge in [-0.15, -0.1) is 0 Å². The van der Waals surface area contributed by atoms with Crippen molar-refractivity contribution >= 4 is 11.8 Å². The number of rotatable bonds is 4. The fourth-order valence-corrected chi connectivity index (χ4v) is 4.65. The van der Waals surface area contributed by atoms with Gasteiger partial charge in [-0.2, -0.15) is 0 Å². The molecule has 4 aliphatic rings. The predicted molar refractivity (Wildman–Crippen MR) is 95.0 cm³/mol. The molecular formula is C20H22N2O5. The zero-order valence-electron chi connectivity index (χ0n) is 15.3. The Labute approximate surface area is 157 Å². The lowest BCUT2D eigenvalue weighted by atomic mass is 9.76. The Hall–Kier alpha value is -2.54. The number of fused-ring (bicyclic) bond motifs is 2. The zero-order valence-corrected chi connectivity index (χ0v) is 15.3. The summed E-state index contributed by atoms with van der Waals surface area (Å²) in [7, 11) is 0. The molecule has 0 unspecified atom stereocenters. The molecule has 0 aromatic heterocycles. The van der Waals surface area contributed by atoms with Gasteiger partial charge in [0.05, 0.1) is 24.5 Å². The summed E-state index contributed by atoms with van der Waals surface area (Å²) in [6.45, 7) is 4.97. The molecule has 0 saturated carbocycles. The molecule has 142 valence electrons. The van der Waals surface area contributed by atoms with E-state index in [-0.39, 0.29) is 30.8 Å². The number of amides is 2. The third kappa shape index (κ3) is 2.45. The summed E-state index contributed by atoms with van der Waals surface area (Å²) in [6, 6.07) is 5.72. The van der Waals surface area contributed by atoms with Crippen LogP contribution >= 0.6 is 0 Å². The van der Waals surface area contributed by atoms with Gasteiger partial charge >= 0.3 is 0 Å². The van der Waals surface area contributed by atoms with Crippen LogP contribution in [0.25, 0.3) is 0 Å². The first-order valence-corrected chi connectivity index (χ1v) is 9.32. The number of carbonyl (C=O) groups excluding carboxylic acids is 2. The van der Waals surface area contributed by atoms with E-state index in [1.54, 1.807) is 4.90 Å².